The Morgan fingerprint density at radius 2 is 1.82 bits per heavy atom. The smallest absolute Gasteiger partial charge is 0.253 e. The summed E-state index contributed by atoms with van der Waals surface area (Å²) in [5.41, 5.74) is 1.39. The maximum absolute atomic E-state index is 12.4. The monoisotopic (exact) mass is 300 g/mol. The summed E-state index contributed by atoms with van der Waals surface area (Å²) in [5, 5.41) is 7.73. The molecule has 0 atom stereocenters. The second-order valence-electron chi connectivity index (χ2n) is 5.14. The summed E-state index contributed by atoms with van der Waals surface area (Å²) >= 11 is 0. The van der Waals surface area contributed by atoms with Gasteiger partial charge in [0.05, 0.1) is 0 Å². The van der Waals surface area contributed by atoms with Gasteiger partial charge in [-0.3, -0.25) is 9.59 Å². The van der Waals surface area contributed by atoms with Crippen LogP contribution in [0.4, 0.5) is 0 Å². The Bertz CT molecular complexity index is 672. The van der Waals surface area contributed by atoms with E-state index in [1.54, 1.807) is 41.0 Å². The maximum atomic E-state index is 12.4. The van der Waals surface area contributed by atoms with E-state index >= 15 is 0 Å². The molecule has 0 saturated carbocycles. The summed E-state index contributed by atoms with van der Waals surface area (Å²) in [6.45, 7) is 4.00. The van der Waals surface area contributed by atoms with Crippen LogP contribution in [-0.4, -0.2) is 58.5 Å². The molecule has 22 heavy (non-hydrogen) atoms. The van der Waals surface area contributed by atoms with E-state index in [1.807, 2.05) is 0 Å². The highest BCUT2D eigenvalue weighted by Gasteiger charge is 2.21. The van der Waals surface area contributed by atoms with Crippen LogP contribution in [0.5, 0.6) is 0 Å². The third-order valence-corrected chi connectivity index (χ3v) is 3.66. The molecule has 2 heterocycles. The Morgan fingerprint density at radius 3 is 2.36 bits per heavy atom. The summed E-state index contributed by atoms with van der Waals surface area (Å²) in [6.07, 6.45) is 0.822. The van der Waals surface area contributed by atoms with Crippen molar-refractivity contribution in [1.29, 1.82) is 0 Å². The molecule has 0 bridgehead atoms. The molecule has 1 aliphatic rings. The molecule has 114 valence electrons. The number of hydrogen-bond donors (Lipinski definition) is 0. The van der Waals surface area contributed by atoms with Crippen molar-refractivity contribution in [2.75, 3.05) is 26.2 Å². The first-order valence-corrected chi connectivity index (χ1v) is 7.06. The van der Waals surface area contributed by atoms with Crippen molar-refractivity contribution in [3.8, 4) is 11.5 Å². The molecule has 1 fully saturated rings. The largest absolute Gasteiger partial charge is 0.421 e. The van der Waals surface area contributed by atoms with E-state index in [2.05, 4.69) is 10.2 Å². The fourth-order valence-electron chi connectivity index (χ4n) is 2.38. The Balaban J connectivity index is 1.70. The molecule has 2 amide bonds. The van der Waals surface area contributed by atoms with Crippen LogP contribution in [0.3, 0.4) is 0 Å². The Morgan fingerprint density at radius 1 is 1.14 bits per heavy atom. The molecule has 7 heteroatoms. The van der Waals surface area contributed by atoms with Crippen molar-refractivity contribution in [2.24, 2.45) is 0 Å². The molecule has 1 aliphatic heterocycles. The molecule has 0 unspecified atom stereocenters. The summed E-state index contributed by atoms with van der Waals surface area (Å²) < 4.78 is 5.35. The van der Waals surface area contributed by atoms with Gasteiger partial charge in [0.2, 0.25) is 18.2 Å². The van der Waals surface area contributed by atoms with Crippen LogP contribution < -0.4 is 0 Å². The number of aryl methyl sites for hydroxylation is 1. The van der Waals surface area contributed by atoms with Crippen LogP contribution in [0.2, 0.25) is 0 Å². The predicted octanol–water partition coefficient (Wildman–Crippen LogP) is 0.959. The van der Waals surface area contributed by atoms with Crippen molar-refractivity contribution >= 4 is 12.3 Å². The zero-order valence-electron chi connectivity index (χ0n) is 12.2. The molecule has 2 aromatic rings. The number of nitrogens with zero attached hydrogens (tertiary/aromatic N) is 4. The number of aromatic nitrogens is 2. The number of piperazine rings is 1. The quantitative estimate of drug-likeness (QED) is 0.789. The summed E-state index contributed by atoms with van der Waals surface area (Å²) in [6, 6.07) is 7.09. The lowest BCUT2D eigenvalue weighted by atomic mass is 10.1. The van der Waals surface area contributed by atoms with E-state index in [0.717, 1.165) is 12.0 Å². The van der Waals surface area contributed by atoms with Crippen molar-refractivity contribution in [3.05, 3.63) is 35.7 Å². The van der Waals surface area contributed by atoms with Crippen LogP contribution in [0.1, 0.15) is 16.2 Å². The van der Waals surface area contributed by atoms with E-state index < -0.39 is 0 Å². The van der Waals surface area contributed by atoms with Crippen molar-refractivity contribution in [1.82, 2.24) is 20.0 Å². The van der Waals surface area contributed by atoms with Gasteiger partial charge in [-0.15, -0.1) is 10.2 Å². The number of benzene rings is 1. The minimum atomic E-state index is -0.0289. The Hall–Kier alpha value is -2.70. The summed E-state index contributed by atoms with van der Waals surface area (Å²) in [4.78, 5) is 26.5. The number of carbonyl (C=O) groups excluding carboxylic acids is 2. The van der Waals surface area contributed by atoms with Gasteiger partial charge in [0, 0.05) is 44.2 Å². The molecular formula is C15H16N4O3. The third-order valence-electron chi connectivity index (χ3n) is 3.66. The minimum absolute atomic E-state index is 0.0289. The second-order valence-corrected chi connectivity index (χ2v) is 5.14. The minimum Gasteiger partial charge on any atom is -0.421 e. The Labute approximate surface area is 127 Å². The Kier molecular flexibility index (Phi) is 3.86. The molecule has 0 aliphatic carbocycles. The predicted molar refractivity (Wildman–Crippen MR) is 78.0 cm³/mol. The van der Waals surface area contributed by atoms with Crippen LogP contribution in [0.25, 0.3) is 11.5 Å². The van der Waals surface area contributed by atoms with Gasteiger partial charge in [0.25, 0.3) is 5.91 Å². The first-order chi connectivity index (χ1) is 10.7. The van der Waals surface area contributed by atoms with Gasteiger partial charge in [-0.1, -0.05) is 0 Å². The van der Waals surface area contributed by atoms with Crippen molar-refractivity contribution in [2.45, 2.75) is 6.92 Å². The average Bonchev–Trinajstić information content (AvgIpc) is 3.01. The topological polar surface area (TPSA) is 79.5 Å². The molecule has 0 radical (unpaired) electrons. The molecule has 7 nitrogen and oxygen atoms in total. The first kappa shape index (κ1) is 14.2. The van der Waals surface area contributed by atoms with E-state index in [4.69, 9.17) is 4.42 Å². The van der Waals surface area contributed by atoms with Crippen LogP contribution in [0.15, 0.2) is 28.7 Å². The summed E-state index contributed by atoms with van der Waals surface area (Å²) in [5.74, 6) is 0.915. The van der Waals surface area contributed by atoms with Gasteiger partial charge < -0.3 is 14.2 Å². The normalized spacial score (nSPS) is 15.0. The molecular weight excluding hydrogens is 284 g/mol. The maximum Gasteiger partial charge on any atom is 0.253 e. The van der Waals surface area contributed by atoms with Gasteiger partial charge in [-0.05, 0) is 24.3 Å². The number of carbonyl (C=O) groups is 2. The van der Waals surface area contributed by atoms with Crippen molar-refractivity contribution < 1.29 is 14.0 Å². The SMILES string of the molecule is Cc1nnc(-c2ccc(C(=O)N3CCN(C=O)CC3)cc2)o1. The fraction of sp³-hybridized carbons (Fsp3) is 0.333. The third kappa shape index (κ3) is 2.83. The average molecular weight is 300 g/mol. The molecule has 1 aromatic carbocycles. The molecule has 1 saturated heterocycles. The van der Waals surface area contributed by atoms with Gasteiger partial charge in [-0.2, -0.15) is 0 Å². The molecule has 0 spiro atoms. The highest BCUT2D eigenvalue weighted by molar-refractivity contribution is 5.94. The summed E-state index contributed by atoms with van der Waals surface area (Å²) in [7, 11) is 0. The lowest BCUT2D eigenvalue weighted by Crippen LogP contribution is -2.48. The second kappa shape index (κ2) is 5.97. The van der Waals surface area contributed by atoms with Crippen LogP contribution in [0, 0.1) is 6.92 Å². The highest BCUT2D eigenvalue weighted by Crippen LogP contribution is 2.19. The fourth-order valence-corrected chi connectivity index (χ4v) is 2.38. The van der Waals surface area contributed by atoms with Crippen LogP contribution >= 0.6 is 0 Å². The molecule has 1 aromatic heterocycles. The van der Waals surface area contributed by atoms with Gasteiger partial charge in [-0.25, -0.2) is 0 Å². The number of rotatable bonds is 3. The van der Waals surface area contributed by atoms with E-state index in [0.29, 0.717) is 43.5 Å². The van der Waals surface area contributed by atoms with E-state index in [9.17, 15) is 9.59 Å². The van der Waals surface area contributed by atoms with Gasteiger partial charge in [0.1, 0.15) is 0 Å². The lowest BCUT2D eigenvalue weighted by Gasteiger charge is -2.32. The number of amides is 2. The molecule has 0 N–H and O–H groups in total. The van der Waals surface area contributed by atoms with E-state index in [-0.39, 0.29) is 5.91 Å². The van der Waals surface area contributed by atoms with Crippen LogP contribution in [-0.2, 0) is 4.79 Å². The highest BCUT2D eigenvalue weighted by atomic mass is 16.4. The first-order valence-electron chi connectivity index (χ1n) is 7.06. The molecule has 3 rings (SSSR count). The van der Waals surface area contributed by atoms with Gasteiger partial charge in [0.15, 0.2) is 0 Å². The van der Waals surface area contributed by atoms with Crippen molar-refractivity contribution in [3.63, 3.8) is 0 Å². The zero-order valence-corrected chi connectivity index (χ0v) is 12.2. The zero-order chi connectivity index (χ0) is 15.5. The van der Waals surface area contributed by atoms with Gasteiger partial charge >= 0.3 is 0 Å². The lowest BCUT2D eigenvalue weighted by molar-refractivity contribution is -0.119. The van der Waals surface area contributed by atoms with E-state index in [1.165, 1.54) is 0 Å². The number of hydrogen-bond acceptors (Lipinski definition) is 5. The standard InChI is InChI=1S/C15H16N4O3/c1-11-16-17-14(22-11)12-2-4-13(5-3-12)15(21)19-8-6-18(10-20)7-9-19/h2-5,10H,6-9H2,1H3.